The molecule has 0 aliphatic rings. The fraction of sp³-hybridized carbons (Fsp3) is 0.750. The Kier molecular flexibility index (Phi) is 13.6. The molecule has 0 heterocycles. The van der Waals surface area contributed by atoms with Gasteiger partial charge in [0.05, 0.1) is 0 Å². The maximum absolute atomic E-state index is 12.3. The lowest BCUT2D eigenvalue weighted by molar-refractivity contribution is -0.363. The first-order valence-corrected chi connectivity index (χ1v) is 11.3. The fourth-order valence-electron chi connectivity index (χ4n) is 3.09. The van der Waals surface area contributed by atoms with E-state index in [-0.39, 0.29) is 24.0 Å². The zero-order valence-corrected chi connectivity index (χ0v) is 19.4. The molecule has 0 aliphatic carbocycles. The molecule has 6 heteroatoms. The van der Waals surface area contributed by atoms with Gasteiger partial charge in [0.15, 0.2) is 0 Å². The van der Waals surface area contributed by atoms with Gasteiger partial charge in [0.1, 0.15) is 0 Å². The monoisotopic (exact) mass is 426 g/mol. The van der Waals surface area contributed by atoms with Crippen molar-refractivity contribution in [3.05, 3.63) is 24.3 Å². The summed E-state index contributed by atoms with van der Waals surface area (Å²) in [6.07, 6.45) is 8.69. The standard InChI is InChI=1S/C24H42O6/c1-7-9-11-13-14-16-18-24(29-21(25)19(3)4,30-22(26)20(5)6)23(27,28)17-15-12-10-8-2/h27-28H,3,5,7-18H2,1-2,4,6H3. The summed E-state index contributed by atoms with van der Waals surface area (Å²) >= 11 is 0. The molecule has 2 N–H and O–H groups in total. The zero-order valence-electron chi connectivity index (χ0n) is 19.4. The van der Waals surface area contributed by atoms with Crippen molar-refractivity contribution in [2.24, 2.45) is 0 Å². The number of hydrogen-bond acceptors (Lipinski definition) is 6. The summed E-state index contributed by atoms with van der Waals surface area (Å²) < 4.78 is 10.9. The van der Waals surface area contributed by atoms with Crippen LogP contribution in [0.5, 0.6) is 0 Å². The van der Waals surface area contributed by atoms with Gasteiger partial charge in [0, 0.05) is 24.0 Å². The van der Waals surface area contributed by atoms with E-state index in [9.17, 15) is 19.8 Å². The quantitative estimate of drug-likeness (QED) is 0.141. The van der Waals surface area contributed by atoms with Gasteiger partial charge in [-0.2, -0.15) is 0 Å². The Balaban J connectivity index is 5.69. The van der Waals surface area contributed by atoms with Crippen LogP contribution in [0, 0.1) is 0 Å². The summed E-state index contributed by atoms with van der Waals surface area (Å²) in [7, 11) is 0. The first-order valence-electron chi connectivity index (χ1n) is 11.3. The first kappa shape index (κ1) is 28.3. The molecule has 6 nitrogen and oxygen atoms in total. The summed E-state index contributed by atoms with van der Waals surface area (Å²) in [5.74, 6) is -6.41. The molecule has 0 atom stereocenters. The van der Waals surface area contributed by atoms with Crippen molar-refractivity contribution in [3.63, 3.8) is 0 Å². The Morgan fingerprint density at radius 3 is 1.50 bits per heavy atom. The van der Waals surface area contributed by atoms with Crippen molar-refractivity contribution < 1.29 is 29.3 Å². The van der Waals surface area contributed by atoms with Gasteiger partial charge in [-0.15, -0.1) is 0 Å². The molecule has 0 spiro atoms. The second kappa shape index (κ2) is 14.4. The van der Waals surface area contributed by atoms with Gasteiger partial charge in [-0.05, 0) is 26.7 Å². The Bertz CT molecular complexity index is 536. The number of esters is 2. The minimum Gasteiger partial charge on any atom is -0.413 e. The molecule has 0 unspecified atom stereocenters. The Labute approximate surface area is 182 Å². The van der Waals surface area contributed by atoms with Gasteiger partial charge in [0.2, 0.25) is 5.79 Å². The molecule has 0 amide bonds. The van der Waals surface area contributed by atoms with Crippen LogP contribution in [0.1, 0.15) is 105 Å². The SMILES string of the molecule is C=C(C)C(=O)OC(CCCCCCCC)(OC(=O)C(=C)C)C(O)(O)CCCCCC. The summed E-state index contributed by atoms with van der Waals surface area (Å²) in [6.45, 7) is 14.2. The number of rotatable bonds is 17. The molecule has 0 saturated carbocycles. The van der Waals surface area contributed by atoms with Gasteiger partial charge in [-0.1, -0.05) is 78.4 Å². The molecule has 0 radical (unpaired) electrons. The molecule has 0 aliphatic heterocycles. The highest BCUT2D eigenvalue weighted by Gasteiger charge is 2.56. The number of aliphatic hydroxyl groups is 2. The number of carbonyl (C=O) groups is 2. The third-order valence-corrected chi connectivity index (χ3v) is 5.06. The van der Waals surface area contributed by atoms with E-state index in [0.717, 1.165) is 51.4 Å². The molecule has 30 heavy (non-hydrogen) atoms. The Morgan fingerprint density at radius 2 is 1.07 bits per heavy atom. The van der Waals surface area contributed by atoms with E-state index in [1.54, 1.807) is 0 Å². The van der Waals surface area contributed by atoms with E-state index < -0.39 is 23.5 Å². The van der Waals surface area contributed by atoms with Crippen molar-refractivity contribution >= 4 is 11.9 Å². The van der Waals surface area contributed by atoms with Crippen molar-refractivity contribution in [3.8, 4) is 0 Å². The van der Waals surface area contributed by atoms with E-state index >= 15 is 0 Å². The second-order valence-electron chi connectivity index (χ2n) is 8.24. The molecule has 0 rings (SSSR count). The van der Waals surface area contributed by atoms with E-state index in [1.807, 2.05) is 0 Å². The van der Waals surface area contributed by atoms with Gasteiger partial charge in [-0.3, -0.25) is 0 Å². The largest absolute Gasteiger partial charge is 0.413 e. The van der Waals surface area contributed by atoms with Crippen LogP contribution in [-0.2, 0) is 19.1 Å². The molecule has 174 valence electrons. The number of ether oxygens (including phenoxy) is 2. The summed E-state index contributed by atoms with van der Waals surface area (Å²) in [5.41, 5.74) is 0.158. The van der Waals surface area contributed by atoms with Crippen molar-refractivity contribution in [2.45, 2.75) is 116 Å². The average molecular weight is 427 g/mol. The third kappa shape index (κ3) is 9.90. The molecule has 0 aromatic heterocycles. The fourth-order valence-corrected chi connectivity index (χ4v) is 3.09. The van der Waals surface area contributed by atoms with E-state index in [1.165, 1.54) is 13.8 Å². The van der Waals surface area contributed by atoms with E-state index in [2.05, 4.69) is 27.0 Å². The number of unbranched alkanes of at least 4 members (excludes halogenated alkanes) is 8. The molecule has 0 saturated heterocycles. The smallest absolute Gasteiger partial charge is 0.336 e. The average Bonchev–Trinajstić information content (AvgIpc) is 2.67. The topological polar surface area (TPSA) is 93.1 Å². The minimum atomic E-state index is -2.53. The predicted octanol–water partition coefficient (Wildman–Crippen LogP) is 5.32. The van der Waals surface area contributed by atoms with E-state index in [0.29, 0.717) is 12.8 Å². The minimum absolute atomic E-state index is 0.0159. The lowest BCUT2D eigenvalue weighted by atomic mass is 9.92. The van der Waals surface area contributed by atoms with Gasteiger partial charge in [0.25, 0.3) is 0 Å². The Hall–Kier alpha value is -1.66. The molecule has 0 aromatic carbocycles. The zero-order chi connectivity index (χ0) is 23.2. The van der Waals surface area contributed by atoms with Gasteiger partial charge >= 0.3 is 17.7 Å². The molecular weight excluding hydrogens is 384 g/mol. The molecule has 0 bridgehead atoms. The van der Waals surface area contributed by atoms with Gasteiger partial charge in [-0.25, -0.2) is 9.59 Å². The summed E-state index contributed by atoms with van der Waals surface area (Å²) in [5, 5.41) is 21.9. The summed E-state index contributed by atoms with van der Waals surface area (Å²) in [6, 6.07) is 0. The highest BCUT2D eigenvalue weighted by atomic mass is 16.8. The van der Waals surface area contributed by atoms with Crippen molar-refractivity contribution in [1.29, 1.82) is 0 Å². The lowest BCUT2D eigenvalue weighted by Crippen LogP contribution is -2.59. The highest BCUT2D eigenvalue weighted by molar-refractivity contribution is 5.89. The lowest BCUT2D eigenvalue weighted by Gasteiger charge is -2.42. The van der Waals surface area contributed by atoms with Crippen LogP contribution >= 0.6 is 0 Å². The molecule has 0 aromatic rings. The van der Waals surface area contributed by atoms with Crippen LogP contribution in [0.3, 0.4) is 0 Å². The normalized spacial score (nSPS) is 11.8. The van der Waals surface area contributed by atoms with Crippen LogP contribution in [0.25, 0.3) is 0 Å². The number of carbonyl (C=O) groups excluding carboxylic acids is 2. The van der Waals surface area contributed by atoms with E-state index in [4.69, 9.17) is 9.47 Å². The third-order valence-electron chi connectivity index (χ3n) is 5.06. The Morgan fingerprint density at radius 1 is 0.700 bits per heavy atom. The molecule has 0 fully saturated rings. The van der Waals surface area contributed by atoms with Crippen LogP contribution in [0.2, 0.25) is 0 Å². The van der Waals surface area contributed by atoms with Crippen molar-refractivity contribution in [1.82, 2.24) is 0 Å². The predicted molar refractivity (Wildman–Crippen MR) is 118 cm³/mol. The molecular formula is C24H42O6. The highest BCUT2D eigenvalue weighted by Crippen LogP contribution is 2.37. The van der Waals surface area contributed by atoms with Crippen LogP contribution in [-0.4, -0.2) is 33.7 Å². The van der Waals surface area contributed by atoms with Crippen LogP contribution in [0.4, 0.5) is 0 Å². The maximum Gasteiger partial charge on any atom is 0.336 e. The van der Waals surface area contributed by atoms with Crippen LogP contribution in [0.15, 0.2) is 24.3 Å². The van der Waals surface area contributed by atoms with Crippen molar-refractivity contribution in [2.75, 3.05) is 0 Å². The summed E-state index contributed by atoms with van der Waals surface area (Å²) in [4.78, 5) is 24.7. The second-order valence-corrected chi connectivity index (χ2v) is 8.24. The van der Waals surface area contributed by atoms with Crippen LogP contribution < -0.4 is 0 Å². The first-order chi connectivity index (χ1) is 14.0. The van der Waals surface area contributed by atoms with Gasteiger partial charge < -0.3 is 19.7 Å². The number of hydrogen-bond donors (Lipinski definition) is 2. The maximum atomic E-state index is 12.3.